The molecule has 0 aliphatic heterocycles. The number of aliphatic hydroxyl groups is 2. The third-order valence-electron chi connectivity index (χ3n) is 13.0. The van der Waals surface area contributed by atoms with Gasteiger partial charge in [-0.15, -0.1) is 0 Å². The molecule has 6 heteroatoms. The number of rotatable bonds is 53. The standard InChI is InChI=1S/C61H111NO5/c1-3-5-7-9-11-13-15-17-19-20-22-26-29-33-37-41-45-49-53-59(64)58(57-63)62-60(65)54-50-46-42-38-34-30-27-23-21-24-28-32-36-40-44-48-52-56-67-61(66)55-51-47-43-39-35-31-25-18-16-14-12-10-8-6-4-2/h12,14,18,21,24-25,32,36,49,53,58-59,63-64H,3-11,13,15-17,19-20,22-23,26-31,33-35,37-48,50-52,54-57H2,1-2H3,(H,62,65)/b14-12-,24-21-,25-18-,36-32-,53-49+. The molecule has 0 spiro atoms. The van der Waals surface area contributed by atoms with Gasteiger partial charge in [0, 0.05) is 12.8 Å². The van der Waals surface area contributed by atoms with Gasteiger partial charge in [-0.3, -0.25) is 9.59 Å². The van der Waals surface area contributed by atoms with E-state index in [0.717, 1.165) is 96.3 Å². The molecular formula is C61H111NO5. The van der Waals surface area contributed by atoms with Crippen LogP contribution in [0.4, 0.5) is 0 Å². The molecule has 0 aliphatic carbocycles. The Bertz CT molecular complexity index is 1170. The van der Waals surface area contributed by atoms with Gasteiger partial charge in [-0.05, 0) is 103 Å². The van der Waals surface area contributed by atoms with Gasteiger partial charge < -0.3 is 20.3 Å². The third-order valence-corrected chi connectivity index (χ3v) is 13.0. The summed E-state index contributed by atoms with van der Waals surface area (Å²) in [5.41, 5.74) is 0. The number of hydrogen-bond donors (Lipinski definition) is 3. The van der Waals surface area contributed by atoms with E-state index < -0.39 is 12.1 Å². The Hall–Kier alpha value is -2.44. The molecule has 1 amide bonds. The number of unbranched alkanes of at least 4 members (excludes halogenated alkanes) is 34. The number of hydrogen-bond acceptors (Lipinski definition) is 5. The second-order valence-electron chi connectivity index (χ2n) is 19.6. The maximum atomic E-state index is 12.5. The van der Waals surface area contributed by atoms with E-state index in [1.54, 1.807) is 6.08 Å². The van der Waals surface area contributed by atoms with Crippen molar-refractivity contribution in [2.45, 2.75) is 302 Å². The third kappa shape index (κ3) is 52.8. The van der Waals surface area contributed by atoms with Crippen molar-refractivity contribution in [2.75, 3.05) is 13.2 Å². The number of allylic oxidation sites excluding steroid dienone is 9. The van der Waals surface area contributed by atoms with Crippen LogP contribution in [0, 0.1) is 0 Å². The van der Waals surface area contributed by atoms with E-state index in [-0.39, 0.29) is 18.5 Å². The van der Waals surface area contributed by atoms with Crippen LogP contribution in [0.25, 0.3) is 0 Å². The fourth-order valence-electron chi connectivity index (χ4n) is 8.52. The normalized spacial score (nSPS) is 13.1. The zero-order valence-electron chi connectivity index (χ0n) is 44.4. The monoisotopic (exact) mass is 938 g/mol. The average Bonchev–Trinajstić information content (AvgIpc) is 3.33. The maximum absolute atomic E-state index is 12.5. The summed E-state index contributed by atoms with van der Waals surface area (Å²) >= 11 is 0. The van der Waals surface area contributed by atoms with Gasteiger partial charge in [0.15, 0.2) is 0 Å². The Morgan fingerprint density at radius 1 is 0.418 bits per heavy atom. The summed E-state index contributed by atoms with van der Waals surface area (Å²) in [5, 5.41) is 23.1. The highest BCUT2D eigenvalue weighted by atomic mass is 16.5. The number of amides is 1. The van der Waals surface area contributed by atoms with Gasteiger partial charge >= 0.3 is 5.97 Å². The van der Waals surface area contributed by atoms with E-state index >= 15 is 0 Å². The van der Waals surface area contributed by atoms with Gasteiger partial charge in [-0.2, -0.15) is 0 Å². The number of ether oxygens (including phenoxy) is 1. The van der Waals surface area contributed by atoms with Gasteiger partial charge in [-0.1, -0.05) is 235 Å². The molecule has 0 fully saturated rings. The molecule has 0 aromatic heterocycles. The molecule has 0 aromatic carbocycles. The molecule has 3 N–H and O–H groups in total. The van der Waals surface area contributed by atoms with Crippen LogP contribution >= 0.6 is 0 Å². The zero-order valence-corrected chi connectivity index (χ0v) is 44.4. The number of carbonyl (C=O) groups is 2. The first-order valence-electron chi connectivity index (χ1n) is 29.1. The number of aliphatic hydroxyl groups excluding tert-OH is 2. The lowest BCUT2D eigenvalue weighted by Crippen LogP contribution is -2.45. The lowest BCUT2D eigenvalue weighted by atomic mass is 10.0. The Labute approximate surface area is 416 Å². The number of nitrogens with one attached hydrogen (secondary N) is 1. The highest BCUT2D eigenvalue weighted by molar-refractivity contribution is 5.76. The SMILES string of the molecule is CCCCC/C=C\C/C=C\CCCCCCCC(=O)OCCCCC/C=C\C/C=C\CCCCCCCCCC(=O)NC(CO)C(O)/C=C/CCCCCCCCCCCCCCCCCC. The van der Waals surface area contributed by atoms with E-state index in [1.165, 1.54) is 167 Å². The molecule has 2 unspecified atom stereocenters. The smallest absolute Gasteiger partial charge is 0.305 e. The molecule has 0 radical (unpaired) electrons. The summed E-state index contributed by atoms with van der Waals surface area (Å²) < 4.78 is 5.44. The van der Waals surface area contributed by atoms with Crippen LogP contribution in [0.1, 0.15) is 290 Å². The van der Waals surface area contributed by atoms with Gasteiger partial charge in [-0.25, -0.2) is 0 Å². The molecule has 0 rings (SSSR count). The Morgan fingerprint density at radius 2 is 0.746 bits per heavy atom. The highest BCUT2D eigenvalue weighted by Gasteiger charge is 2.18. The molecule has 0 saturated carbocycles. The second kappa shape index (κ2) is 56.2. The van der Waals surface area contributed by atoms with E-state index in [9.17, 15) is 19.8 Å². The minimum atomic E-state index is -0.857. The Balaban J connectivity index is 3.55. The van der Waals surface area contributed by atoms with Crippen LogP contribution in [-0.2, 0) is 14.3 Å². The van der Waals surface area contributed by atoms with Crippen LogP contribution in [0.3, 0.4) is 0 Å². The van der Waals surface area contributed by atoms with E-state index in [4.69, 9.17) is 4.74 Å². The van der Waals surface area contributed by atoms with Gasteiger partial charge in [0.1, 0.15) is 0 Å². The lowest BCUT2D eigenvalue weighted by molar-refractivity contribution is -0.143. The van der Waals surface area contributed by atoms with E-state index in [2.05, 4.69) is 67.8 Å². The molecule has 0 heterocycles. The van der Waals surface area contributed by atoms with Crippen LogP contribution < -0.4 is 5.32 Å². The molecule has 67 heavy (non-hydrogen) atoms. The van der Waals surface area contributed by atoms with Crippen LogP contribution in [-0.4, -0.2) is 47.4 Å². The maximum Gasteiger partial charge on any atom is 0.305 e. The van der Waals surface area contributed by atoms with Crippen molar-refractivity contribution in [3.8, 4) is 0 Å². The summed E-state index contributed by atoms with van der Waals surface area (Å²) in [5.74, 6) is -0.115. The second-order valence-corrected chi connectivity index (χ2v) is 19.6. The van der Waals surface area contributed by atoms with Crippen LogP contribution in [0.5, 0.6) is 0 Å². The fourth-order valence-corrected chi connectivity index (χ4v) is 8.52. The summed E-state index contributed by atoms with van der Waals surface area (Å²) in [4.78, 5) is 24.5. The molecular weight excluding hydrogens is 827 g/mol. The van der Waals surface area contributed by atoms with Crippen molar-refractivity contribution in [2.24, 2.45) is 0 Å². The predicted molar refractivity (Wildman–Crippen MR) is 292 cm³/mol. The van der Waals surface area contributed by atoms with Crippen molar-refractivity contribution >= 4 is 11.9 Å². The first kappa shape index (κ1) is 64.6. The lowest BCUT2D eigenvalue weighted by Gasteiger charge is -2.20. The minimum absolute atomic E-state index is 0.0311. The van der Waals surface area contributed by atoms with Crippen molar-refractivity contribution in [3.63, 3.8) is 0 Å². The largest absolute Gasteiger partial charge is 0.466 e. The van der Waals surface area contributed by atoms with Crippen molar-refractivity contribution in [3.05, 3.63) is 60.8 Å². The molecule has 6 nitrogen and oxygen atoms in total. The molecule has 2 atom stereocenters. The van der Waals surface area contributed by atoms with E-state index in [0.29, 0.717) is 19.4 Å². The van der Waals surface area contributed by atoms with Crippen molar-refractivity contribution in [1.29, 1.82) is 0 Å². The fraction of sp³-hybridized carbons (Fsp3) is 0.803. The Kier molecular flexibility index (Phi) is 54.1. The quantitative estimate of drug-likeness (QED) is 0.0321. The Morgan fingerprint density at radius 3 is 1.16 bits per heavy atom. The summed E-state index contributed by atoms with van der Waals surface area (Å²) in [6, 6.07) is -0.642. The van der Waals surface area contributed by atoms with Gasteiger partial charge in [0.2, 0.25) is 5.91 Å². The van der Waals surface area contributed by atoms with Crippen molar-refractivity contribution in [1.82, 2.24) is 5.32 Å². The zero-order chi connectivity index (χ0) is 48.6. The number of esters is 1. The van der Waals surface area contributed by atoms with Gasteiger partial charge in [0.25, 0.3) is 0 Å². The van der Waals surface area contributed by atoms with Crippen molar-refractivity contribution < 1.29 is 24.5 Å². The topological polar surface area (TPSA) is 95.9 Å². The average molecular weight is 939 g/mol. The van der Waals surface area contributed by atoms with Crippen LogP contribution in [0.15, 0.2) is 60.8 Å². The predicted octanol–water partition coefficient (Wildman–Crippen LogP) is 18.0. The minimum Gasteiger partial charge on any atom is -0.466 e. The molecule has 0 saturated heterocycles. The summed E-state index contributed by atoms with van der Waals surface area (Å²) in [7, 11) is 0. The summed E-state index contributed by atoms with van der Waals surface area (Å²) in [6.45, 7) is 4.83. The molecule has 0 bridgehead atoms. The summed E-state index contributed by atoms with van der Waals surface area (Å²) in [6.07, 6.45) is 72.4. The first-order chi connectivity index (χ1) is 33.0. The van der Waals surface area contributed by atoms with Gasteiger partial charge in [0.05, 0.1) is 25.4 Å². The van der Waals surface area contributed by atoms with Crippen LogP contribution in [0.2, 0.25) is 0 Å². The van der Waals surface area contributed by atoms with E-state index in [1.807, 2.05) is 6.08 Å². The molecule has 0 aliphatic rings. The number of carbonyl (C=O) groups excluding carboxylic acids is 2. The molecule has 390 valence electrons. The first-order valence-corrected chi connectivity index (χ1v) is 29.1. The molecule has 0 aromatic rings. The highest BCUT2D eigenvalue weighted by Crippen LogP contribution is 2.16.